The standard InChI is InChI=1S/C9H14N4/c1-3-8(9(10)4-2)5-13-6-11-12-7-13/h3-4,6-7H,5,10H2,1-2H3/b8-3-,9-4+. The molecule has 0 bridgehead atoms. The highest BCUT2D eigenvalue weighted by Crippen LogP contribution is 2.06. The summed E-state index contributed by atoms with van der Waals surface area (Å²) >= 11 is 0. The summed E-state index contributed by atoms with van der Waals surface area (Å²) in [5.41, 5.74) is 7.67. The lowest BCUT2D eigenvalue weighted by atomic mass is 10.2. The van der Waals surface area contributed by atoms with Crippen molar-refractivity contribution in [3.8, 4) is 0 Å². The van der Waals surface area contributed by atoms with Crippen molar-refractivity contribution in [3.63, 3.8) is 0 Å². The minimum Gasteiger partial charge on any atom is -0.399 e. The average Bonchev–Trinajstić information content (AvgIpc) is 2.65. The van der Waals surface area contributed by atoms with Gasteiger partial charge >= 0.3 is 0 Å². The lowest BCUT2D eigenvalue weighted by Gasteiger charge is -2.06. The van der Waals surface area contributed by atoms with E-state index in [0.717, 1.165) is 17.8 Å². The van der Waals surface area contributed by atoms with E-state index >= 15 is 0 Å². The van der Waals surface area contributed by atoms with Gasteiger partial charge in [0.25, 0.3) is 0 Å². The molecule has 0 spiro atoms. The molecule has 0 radical (unpaired) electrons. The molecule has 1 aromatic heterocycles. The van der Waals surface area contributed by atoms with Crippen molar-refractivity contribution in [1.29, 1.82) is 0 Å². The Balaban J connectivity index is 2.72. The molecule has 2 N–H and O–H groups in total. The van der Waals surface area contributed by atoms with E-state index in [2.05, 4.69) is 10.2 Å². The van der Waals surface area contributed by atoms with Gasteiger partial charge in [0, 0.05) is 5.70 Å². The van der Waals surface area contributed by atoms with Crippen LogP contribution in [0.2, 0.25) is 0 Å². The van der Waals surface area contributed by atoms with Crippen molar-refractivity contribution in [2.24, 2.45) is 5.73 Å². The van der Waals surface area contributed by atoms with Gasteiger partial charge in [0.05, 0.1) is 6.54 Å². The second kappa shape index (κ2) is 4.45. The van der Waals surface area contributed by atoms with Gasteiger partial charge < -0.3 is 10.3 Å². The number of rotatable bonds is 3. The molecule has 0 aliphatic carbocycles. The molecule has 0 saturated heterocycles. The predicted molar refractivity (Wildman–Crippen MR) is 51.7 cm³/mol. The van der Waals surface area contributed by atoms with E-state index in [1.54, 1.807) is 12.7 Å². The summed E-state index contributed by atoms with van der Waals surface area (Å²) in [5.74, 6) is 0. The number of hydrogen-bond acceptors (Lipinski definition) is 3. The number of allylic oxidation sites excluding steroid dienone is 3. The molecule has 0 unspecified atom stereocenters. The molecule has 4 heteroatoms. The van der Waals surface area contributed by atoms with Crippen molar-refractivity contribution >= 4 is 0 Å². The van der Waals surface area contributed by atoms with Gasteiger partial charge in [-0.1, -0.05) is 12.2 Å². The van der Waals surface area contributed by atoms with Crippen LogP contribution in [0.5, 0.6) is 0 Å². The van der Waals surface area contributed by atoms with Crippen LogP contribution in [0.25, 0.3) is 0 Å². The second-order valence-electron chi connectivity index (χ2n) is 2.69. The number of aromatic nitrogens is 3. The van der Waals surface area contributed by atoms with Gasteiger partial charge in [-0.15, -0.1) is 10.2 Å². The van der Waals surface area contributed by atoms with Crippen LogP contribution in [-0.2, 0) is 6.54 Å². The first-order chi connectivity index (χ1) is 6.27. The first kappa shape index (κ1) is 9.51. The maximum absolute atomic E-state index is 5.78. The van der Waals surface area contributed by atoms with Crippen molar-refractivity contribution in [3.05, 3.63) is 36.1 Å². The molecule has 1 aromatic rings. The SMILES string of the molecule is C/C=C(Cn1cnnc1)\C(N)=C/C. The largest absolute Gasteiger partial charge is 0.399 e. The van der Waals surface area contributed by atoms with E-state index in [9.17, 15) is 0 Å². The first-order valence-corrected chi connectivity index (χ1v) is 4.17. The van der Waals surface area contributed by atoms with E-state index in [4.69, 9.17) is 5.73 Å². The Kier molecular flexibility index (Phi) is 3.25. The molecule has 0 saturated carbocycles. The fourth-order valence-electron chi connectivity index (χ4n) is 1.04. The van der Waals surface area contributed by atoms with E-state index in [0.29, 0.717) is 0 Å². The average molecular weight is 178 g/mol. The normalized spacial score (nSPS) is 13.4. The zero-order valence-corrected chi connectivity index (χ0v) is 7.94. The lowest BCUT2D eigenvalue weighted by molar-refractivity contribution is 0.781. The summed E-state index contributed by atoms with van der Waals surface area (Å²) in [4.78, 5) is 0. The van der Waals surface area contributed by atoms with Gasteiger partial charge in [-0.3, -0.25) is 0 Å². The van der Waals surface area contributed by atoms with Crippen LogP contribution in [0.3, 0.4) is 0 Å². The summed E-state index contributed by atoms with van der Waals surface area (Å²) in [6.07, 6.45) is 7.23. The number of nitrogens with zero attached hydrogens (tertiary/aromatic N) is 3. The van der Waals surface area contributed by atoms with E-state index in [1.165, 1.54) is 0 Å². The van der Waals surface area contributed by atoms with Crippen LogP contribution in [0.4, 0.5) is 0 Å². The van der Waals surface area contributed by atoms with E-state index in [-0.39, 0.29) is 0 Å². The zero-order valence-electron chi connectivity index (χ0n) is 7.94. The molecule has 1 rings (SSSR count). The second-order valence-corrected chi connectivity index (χ2v) is 2.69. The highest BCUT2D eigenvalue weighted by molar-refractivity contribution is 5.26. The first-order valence-electron chi connectivity index (χ1n) is 4.17. The highest BCUT2D eigenvalue weighted by Gasteiger charge is 1.99. The fourth-order valence-corrected chi connectivity index (χ4v) is 1.04. The third-order valence-electron chi connectivity index (χ3n) is 1.85. The number of nitrogens with two attached hydrogens (primary N) is 1. The summed E-state index contributed by atoms with van der Waals surface area (Å²) < 4.78 is 1.88. The molecule has 70 valence electrons. The molecular formula is C9H14N4. The lowest BCUT2D eigenvalue weighted by Crippen LogP contribution is -2.07. The molecule has 4 nitrogen and oxygen atoms in total. The maximum atomic E-state index is 5.78. The monoisotopic (exact) mass is 178 g/mol. The fraction of sp³-hybridized carbons (Fsp3) is 0.333. The molecule has 0 aliphatic rings. The minimum absolute atomic E-state index is 0.722. The predicted octanol–water partition coefficient (Wildman–Crippen LogP) is 1.09. The number of hydrogen-bond donors (Lipinski definition) is 1. The third-order valence-corrected chi connectivity index (χ3v) is 1.85. The molecule has 0 aromatic carbocycles. The Morgan fingerprint density at radius 1 is 1.31 bits per heavy atom. The molecule has 0 amide bonds. The summed E-state index contributed by atoms with van der Waals surface area (Å²) in [5, 5.41) is 7.44. The van der Waals surface area contributed by atoms with E-state index in [1.807, 2.05) is 30.6 Å². The van der Waals surface area contributed by atoms with Crippen LogP contribution < -0.4 is 5.73 Å². The van der Waals surface area contributed by atoms with Crippen molar-refractivity contribution < 1.29 is 0 Å². The van der Waals surface area contributed by atoms with E-state index < -0.39 is 0 Å². The molecule has 1 heterocycles. The Morgan fingerprint density at radius 3 is 2.38 bits per heavy atom. The van der Waals surface area contributed by atoms with Gasteiger partial charge in [-0.05, 0) is 19.4 Å². The summed E-state index contributed by atoms with van der Waals surface area (Å²) in [7, 11) is 0. The van der Waals surface area contributed by atoms with Crippen molar-refractivity contribution in [1.82, 2.24) is 14.8 Å². The summed E-state index contributed by atoms with van der Waals surface area (Å²) in [6, 6.07) is 0. The maximum Gasteiger partial charge on any atom is 0.119 e. The van der Waals surface area contributed by atoms with Crippen LogP contribution in [-0.4, -0.2) is 14.8 Å². The van der Waals surface area contributed by atoms with Crippen LogP contribution >= 0.6 is 0 Å². The van der Waals surface area contributed by atoms with Gasteiger partial charge in [0.1, 0.15) is 12.7 Å². The molecule has 13 heavy (non-hydrogen) atoms. The summed E-state index contributed by atoms with van der Waals surface area (Å²) in [6.45, 7) is 4.61. The van der Waals surface area contributed by atoms with Gasteiger partial charge in [-0.2, -0.15) is 0 Å². The Bertz CT molecular complexity index is 308. The van der Waals surface area contributed by atoms with Crippen molar-refractivity contribution in [2.45, 2.75) is 20.4 Å². The van der Waals surface area contributed by atoms with Crippen LogP contribution in [0, 0.1) is 0 Å². The molecule has 0 atom stereocenters. The zero-order chi connectivity index (χ0) is 9.68. The van der Waals surface area contributed by atoms with Crippen molar-refractivity contribution in [2.75, 3.05) is 0 Å². The highest BCUT2D eigenvalue weighted by atomic mass is 15.2. The molecular weight excluding hydrogens is 164 g/mol. The smallest absolute Gasteiger partial charge is 0.119 e. The molecule has 0 aliphatic heterocycles. The third kappa shape index (κ3) is 2.43. The topological polar surface area (TPSA) is 56.7 Å². The quantitative estimate of drug-likeness (QED) is 0.705. The van der Waals surface area contributed by atoms with Gasteiger partial charge in [0.2, 0.25) is 0 Å². The Labute approximate surface area is 77.8 Å². The Morgan fingerprint density at radius 2 is 1.92 bits per heavy atom. The molecule has 0 fully saturated rings. The van der Waals surface area contributed by atoms with Gasteiger partial charge in [0.15, 0.2) is 0 Å². The van der Waals surface area contributed by atoms with Crippen LogP contribution in [0.15, 0.2) is 36.1 Å². The van der Waals surface area contributed by atoms with Crippen LogP contribution in [0.1, 0.15) is 13.8 Å². The van der Waals surface area contributed by atoms with Gasteiger partial charge in [-0.25, -0.2) is 0 Å². The minimum atomic E-state index is 0.722. The Hall–Kier alpha value is -1.58.